The van der Waals surface area contributed by atoms with Gasteiger partial charge >= 0.3 is 0 Å². The Morgan fingerprint density at radius 1 is 1.28 bits per heavy atom. The summed E-state index contributed by atoms with van der Waals surface area (Å²) in [6.07, 6.45) is 5.19. The number of nitrogens with zero attached hydrogens (tertiary/aromatic N) is 6. The molecule has 1 aliphatic carbocycles. The summed E-state index contributed by atoms with van der Waals surface area (Å²) in [7, 11) is 1.79. The van der Waals surface area contributed by atoms with Gasteiger partial charge in [0, 0.05) is 39.4 Å². The van der Waals surface area contributed by atoms with Crippen LogP contribution in [0.2, 0.25) is 0 Å². The largest absolute Gasteiger partial charge is 0.353 e. The van der Waals surface area contributed by atoms with Crippen LogP contribution in [-0.4, -0.2) is 65.5 Å². The fourth-order valence-electron chi connectivity index (χ4n) is 4.47. The van der Waals surface area contributed by atoms with Gasteiger partial charge in [-0.3, -0.25) is 9.69 Å². The SMILES string of the molecule is CC1CCC(C#N)(N(C)C(=O)C(C)N2CCN(c3ncccc3C#N)CC2)CC1. The highest BCUT2D eigenvalue weighted by Crippen LogP contribution is 2.36. The Morgan fingerprint density at radius 2 is 1.93 bits per heavy atom. The number of amides is 1. The summed E-state index contributed by atoms with van der Waals surface area (Å²) >= 11 is 0. The minimum absolute atomic E-state index is 0.0186. The van der Waals surface area contributed by atoms with Crippen molar-refractivity contribution >= 4 is 11.7 Å². The van der Waals surface area contributed by atoms with E-state index in [9.17, 15) is 15.3 Å². The summed E-state index contributed by atoms with van der Waals surface area (Å²) in [5.41, 5.74) is -0.0951. The monoisotopic (exact) mass is 394 g/mol. The van der Waals surface area contributed by atoms with E-state index in [1.165, 1.54) is 0 Å². The van der Waals surface area contributed by atoms with Crippen LogP contribution in [-0.2, 0) is 4.79 Å². The molecule has 3 rings (SSSR count). The molecule has 1 aliphatic heterocycles. The average Bonchev–Trinajstić information content (AvgIpc) is 2.78. The van der Waals surface area contributed by atoms with Gasteiger partial charge in [0.2, 0.25) is 5.91 Å². The third kappa shape index (κ3) is 4.21. The highest BCUT2D eigenvalue weighted by atomic mass is 16.2. The molecule has 29 heavy (non-hydrogen) atoms. The van der Waals surface area contributed by atoms with Crippen LogP contribution in [0.15, 0.2) is 18.3 Å². The molecule has 0 radical (unpaired) electrons. The van der Waals surface area contributed by atoms with E-state index in [0.717, 1.165) is 38.8 Å². The van der Waals surface area contributed by atoms with Gasteiger partial charge in [0.05, 0.1) is 17.7 Å². The number of hydrogen-bond acceptors (Lipinski definition) is 6. The van der Waals surface area contributed by atoms with E-state index < -0.39 is 5.54 Å². The second-order valence-electron chi connectivity index (χ2n) is 8.41. The molecular weight excluding hydrogens is 364 g/mol. The maximum Gasteiger partial charge on any atom is 0.240 e. The van der Waals surface area contributed by atoms with Gasteiger partial charge in [0.1, 0.15) is 17.4 Å². The first kappa shape index (κ1) is 21.1. The molecule has 2 heterocycles. The van der Waals surface area contributed by atoms with Crippen LogP contribution in [0, 0.1) is 28.6 Å². The minimum Gasteiger partial charge on any atom is -0.353 e. The average molecular weight is 395 g/mol. The van der Waals surface area contributed by atoms with E-state index in [1.54, 1.807) is 30.3 Å². The molecule has 0 spiro atoms. The summed E-state index contributed by atoms with van der Waals surface area (Å²) in [6, 6.07) is 7.94. The van der Waals surface area contributed by atoms with Crippen LogP contribution in [0.3, 0.4) is 0 Å². The number of rotatable bonds is 4. The van der Waals surface area contributed by atoms with Gasteiger partial charge in [-0.2, -0.15) is 10.5 Å². The number of aromatic nitrogens is 1. The molecule has 2 aliphatic rings. The number of anilines is 1. The van der Waals surface area contributed by atoms with Crippen LogP contribution in [0.1, 0.15) is 45.1 Å². The van der Waals surface area contributed by atoms with Gasteiger partial charge in [0.25, 0.3) is 0 Å². The first-order valence-electron chi connectivity index (χ1n) is 10.4. The number of nitriles is 2. The van der Waals surface area contributed by atoms with Gasteiger partial charge in [-0.05, 0) is 50.7 Å². The number of pyridine rings is 1. The minimum atomic E-state index is -0.671. The first-order valence-corrected chi connectivity index (χ1v) is 10.4. The molecule has 154 valence electrons. The fourth-order valence-corrected chi connectivity index (χ4v) is 4.47. The van der Waals surface area contributed by atoms with E-state index in [4.69, 9.17) is 0 Å². The quantitative estimate of drug-likeness (QED) is 0.779. The summed E-state index contributed by atoms with van der Waals surface area (Å²) in [5, 5.41) is 19.2. The lowest BCUT2D eigenvalue weighted by Gasteiger charge is -2.44. The normalized spacial score (nSPS) is 26.2. The topological polar surface area (TPSA) is 87.3 Å². The molecule has 0 bridgehead atoms. The van der Waals surface area contributed by atoms with Crippen LogP contribution in [0.5, 0.6) is 0 Å². The predicted octanol–water partition coefficient (Wildman–Crippen LogP) is 2.39. The highest BCUT2D eigenvalue weighted by Gasteiger charge is 2.42. The molecule has 1 aromatic rings. The summed E-state index contributed by atoms with van der Waals surface area (Å²) in [4.78, 5) is 23.6. The summed E-state index contributed by atoms with van der Waals surface area (Å²) in [5.74, 6) is 1.35. The molecule has 1 atom stereocenters. The molecule has 1 saturated heterocycles. The fraction of sp³-hybridized carbons (Fsp3) is 0.636. The van der Waals surface area contributed by atoms with Crippen molar-refractivity contribution in [3.8, 4) is 12.1 Å². The lowest BCUT2D eigenvalue weighted by molar-refractivity contribution is -0.140. The lowest BCUT2D eigenvalue weighted by atomic mass is 9.77. The number of piperazine rings is 1. The van der Waals surface area contributed by atoms with Gasteiger partial charge < -0.3 is 9.80 Å². The van der Waals surface area contributed by atoms with Crippen molar-refractivity contribution in [3.05, 3.63) is 23.9 Å². The Morgan fingerprint density at radius 3 is 2.52 bits per heavy atom. The highest BCUT2D eigenvalue weighted by molar-refractivity contribution is 5.82. The van der Waals surface area contributed by atoms with Crippen LogP contribution in [0.25, 0.3) is 0 Å². The first-order chi connectivity index (χ1) is 13.9. The molecule has 1 amide bonds. The van der Waals surface area contributed by atoms with Crippen molar-refractivity contribution in [1.29, 1.82) is 10.5 Å². The maximum absolute atomic E-state index is 13.2. The molecule has 0 N–H and O–H groups in total. The third-order valence-electron chi connectivity index (χ3n) is 6.71. The van der Waals surface area contributed by atoms with Crippen molar-refractivity contribution in [2.24, 2.45) is 5.92 Å². The summed E-state index contributed by atoms with van der Waals surface area (Å²) < 4.78 is 0. The third-order valence-corrected chi connectivity index (χ3v) is 6.71. The lowest BCUT2D eigenvalue weighted by Crippen LogP contribution is -2.59. The van der Waals surface area contributed by atoms with Crippen molar-refractivity contribution < 1.29 is 4.79 Å². The van der Waals surface area contributed by atoms with Crippen molar-refractivity contribution in [2.75, 3.05) is 38.1 Å². The van der Waals surface area contributed by atoms with E-state index in [1.807, 2.05) is 6.92 Å². The van der Waals surface area contributed by atoms with Crippen molar-refractivity contribution in [2.45, 2.75) is 51.1 Å². The number of carbonyl (C=O) groups excluding carboxylic acids is 1. The van der Waals surface area contributed by atoms with Crippen molar-refractivity contribution in [3.63, 3.8) is 0 Å². The standard InChI is InChI=1S/C22H30N6O/c1-17-6-8-22(16-24,9-7-17)26(3)21(29)18(2)27-11-13-28(14-12-27)20-19(15-23)5-4-10-25-20/h4-5,10,17-18H,6-9,11-14H2,1-3H3. The van der Waals surface area contributed by atoms with Gasteiger partial charge in [0.15, 0.2) is 0 Å². The molecule has 7 heteroatoms. The molecule has 1 aromatic heterocycles. The van der Waals surface area contributed by atoms with Gasteiger partial charge in [-0.15, -0.1) is 0 Å². The zero-order valence-electron chi connectivity index (χ0n) is 17.6. The van der Waals surface area contributed by atoms with Crippen LogP contribution >= 0.6 is 0 Å². The van der Waals surface area contributed by atoms with E-state index in [-0.39, 0.29) is 11.9 Å². The molecule has 1 saturated carbocycles. The summed E-state index contributed by atoms with van der Waals surface area (Å²) in [6.45, 7) is 7.02. The Hall–Kier alpha value is -2.64. The molecular formula is C22H30N6O. The Kier molecular flexibility index (Phi) is 6.39. The number of carbonyl (C=O) groups is 1. The number of hydrogen-bond donors (Lipinski definition) is 0. The second kappa shape index (κ2) is 8.80. The Labute approximate surface area is 173 Å². The van der Waals surface area contributed by atoms with Crippen LogP contribution in [0.4, 0.5) is 5.82 Å². The maximum atomic E-state index is 13.2. The molecule has 1 unspecified atom stereocenters. The predicted molar refractivity (Wildman–Crippen MR) is 111 cm³/mol. The van der Waals surface area contributed by atoms with Crippen LogP contribution < -0.4 is 4.90 Å². The van der Waals surface area contributed by atoms with E-state index in [0.29, 0.717) is 30.4 Å². The van der Waals surface area contributed by atoms with E-state index in [2.05, 4.69) is 33.8 Å². The zero-order chi connectivity index (χ0) is 21.0. The Bertz CT molecular complexity index is 809. The Balaban J connectivity index is 1.63. The van der Waals surface area contributed by atoms with E-state index >= 15 is 0 Å². The second-order valence-corrected chi connectivity index (χ2v) is 8.41. The molecule has 0 aromatic carbocycles. The molecule has 7 nitrogen and oxygen atoms in total. The van der Waals surface area contributed by atoms with Gasteiger partial charge in [-0.1, -0.05) is 6.92 Å². The molecule has 2 fully saturated rings. The van der Waals surface area contributed by atoms with Gasteiger partial charge in [-0.25, -0.2) is 4.98 Å². The van der Waals surface area contributed by atoms with Crippen molar-refractivity contribution in [1.82, 2.24) is 14.8 Å². The number of likely N-dealkylation sites (N-methyl/N-ethyl adjacent to an activating group) is 1. The smallest absolute Gasteiger partial charge is 0.240 e. The zero-order valence-corrected chi connectivity index (χ0v) is 17.6.